The fourth-order valence-electron chi connectivity index (χ4n) is 1.68. The van der Waals surface area contributed by atoms with Crippen molar-refractivity contribution in [3.63, 3.8) is 0 Å². The number of hydrogen-bond acceptors (Lipinski definition) is 6. The van der Waals surface area contributed by atoms with Crippen molar-refractivity contribution in [2.24, 2.45) is 4.99 Å². The molecule has 8 nitrogen and oxygen atoms in total. The highest BCUT2D eigenvalue weighted by Gasteiger charge is 2.21. The molecule has 1 rings (SSSR count). The van der Waals surface area contributed by atoms with E-state index in [1.165, 1.54) is 6.26 Å². The average Bonchev–Trinajstić information content (AvgIpc) is 2.89. The minimum atomic E-state index is -2.96. The topological polar surface area (TPSA) is 109 Å². The van der Waals surface area contributed by atoms with Crippen LogP contribution in [0.5, 0.6) is 0 Å². The van der Waals surface area contributed by atoms with Gasteiger partial charge in [-0.1, -0.05) is 25.9 Å². The lowest BCUT2D eigenvalue weighted by atomic mass is 9.97. The van der Waals surface area contributed by atoms with Crippen molar-refractivity contribution in [2.45, 2.75) is 52.1 Å². The summed E-state index contributed by atoms with van der Waals surface area (Å²) in [5.41, 5.74) is -0.189. The maximum atomic E-state index is 11.2. The number of hydrogen-bond donors (Lipinski definition) is 2. The molecule has 24 heavy (non-hydrogen) atoms. The Kier molecular flexibility index (Phi) is 9.18. The van der Waals surface area contributed by atoms with E-state index in [2.05, 4.69) is 25.8 Å². The number of sulfone groups is 1. The molecule has 0 radical (unpaired) electrons. The van der Waals surface area contributed by atoms with Gasteiger partial charge in [0.25, 0.3) is 0 Å². The Bertz CT molecular complexity index is 637. The molecule has 0 spiro atoms. The van der Waals surface area contributed by atoms with Crippen LogP contribution < -0.4 is 10.6 Å². The Labute approximate surface area is 161 Å². The van der Waals surface area contributed by atoms with Gasteiger partial charge in [0.2, 0.25) is 5.89 Å². The summed E-state index contributed by atoms with van der Waals surface area (Å²) in [6.07, 6.45) is 1.74. The molecule has 1 aromatic heterocycles. The molecular weight excluding hydrogens is 445 g/mol. The monoisotopic (exact) mass is 473 g/mol. The maximum Gasteiger partial charge on any atom is 0.232 e. The van der Waals surface area contributed by atoms with Crippen LogP contribution in [-0.2, 0) is 21.8 Å². The zero-order valence-corrected chi connectivity index (χ0v) is 18.2. The van der Waals surface area contributed by atoms with Gasteiger partial charge in [-0.15, -0.1) is 24.0 Å². The summed E-state index contributed by atoms with van der Waals surface area (Å²) in [7, 11) is -1.31. The molecule has 1 atom stereocenters. The van der Waals surface area contributed by atoms with E-state index in [0.29, 0.717) is 30.6 Å². The van der Waals surface area contributed by atoms with Gasteiger partial charge in [0.15, 0.2) is 11.8 Å². The zero-order valence-electron chi connectivity index (χ0n) is 15.1. The lowest BCUT2D eigenvalue weighted by Gasteiger charge is -2.16. The van der Waals surface area contributed by atoms with Crippen LogP contribution in [0.25, 0.3) is 0 Å². The van der Waals surface area contributed by atoms with Crippen LogP contribution in [0.4, 0.5) is 0 Å². The van der Waals surface area contributed by atoms with Crippen molar-refractivity contribution < 1.29 is 12.9 Å². The highest BCUT2D eigenvalue weighted by molar-refractivity contribution is 14.0. The van der Waals surface area contributed by atoms with Crippen LogP contribution in [0.15, 0.2) is 9.52 Å². The minimum absolute atomic E-state index is 0. The van der Waals surface area contributed by atoms with E-state index < -0.39 is 9.84 Å². The molecule has 0 saturated carbocycles. The number of halogens is 1. The normalized spacial score (nSPS) is 14.0. The Hall–Kier alpha value is -0.910. The standard InChI is InChI=1S/C14H27N5O3S.HI/c1-10(7-8-23(6,20)21)17-13(15-5)16-9-11-18-12(22-19-11)14(2,3)4;/h10H,7-9H2,1-6H3,(H2,15,16,17);1H. The number of guanidine groups is 1. The summed E-state index contributed by atoms with van der Waals surface area (Å²) < 4.78 is 27.6. The average molecular weight is 473 g/mol. The number of aromatic nitrogens is 2. The van der Waals surface area contributed by atoms with Crippen LogP contribution in [0, 0.1) is 0 Å². The van der Waals surface area contributed by atoms with Crippen molar-refractivity contribution in [2.75, 3.05) is 19.1 Å². The molecule has 0 aliphatic rings. The number of aliphatic imine (C=N–C) groups is 1. The van der Waals surface area contributed by atoms with Crippen LogP contribution in [0.1, 0.15) is 45.8 Å². The summed E-state index contributed by atoms with van der Waals surface area (Å²) in [6.45, 7) is 8.28. The zero-order chi connectivity index (χ0) is 17.7. The molecule has 10 heteroatoms. The summed E-state index contributed by atoms with van der Waals surface area (Å²) in [5, 5.41) is 10.1. The van der Waals surface area contributed by atoms with Gasteiger partial charge >= 0.3 is 0 Å². The first-order valence-electron chi connectivity index (χ1n) is 7.49. The molecule has 140 valence electrons. The van der Waals surface area contributed by atoms with Gasteiger partial charge in [0.1, 0.15) is 9.84 Å². The van der Waals surface area contributed by atoms with Gasteiger partial charge in [-0.05, 0) is 13.3 Å². The molecular formula is C14H28IN5O3S. The Balaban J connectivity index is 0.00000529. The van der Waals surface area contributed by atoms with E-state index in [1.807, 2.05) is 27.7 Å². The first-order valence-corrected chi connectivity index (χ1v) is 9.55. The molecule has 0 aliphatic carbocycles. The van der Waals surface area contributed by atoms with Crippen LogP contribution in [0.3, 0.4) is 0 Å². The summed E-state index contributed by atoms with van der Waals surface area (Å²) in [5.74, 6) is 1.83. The second-order valence-electron chi connectivity index (χ2n) is 6.66. The Morgan fingerprint density at radius 2 is 2.00 bits per heavy atom. The smallest absolute Gasteiger partial charge is 0.232 e. The van der Waals surface area contributed by atoms with Crippen molar-refractivity contribution in [1.82, 2.24) is 20.8 Å². The van der Waals surface area contributed by atoms with Crippen LogP contribution in [-0.4, -0.2) is 49.6 Å². The molecule has 0 aliphatic heterocycles. The van der Waals surface area contributed by atoms with E-state index in [0.717, 1.165) is 0 Å². The number of rotatable bonds is 6. The Morgan fingerprint density at radius 3 is 2.46 bits per heavy atom. The van der Waals surface area contributed by atoms with Gasteiger partial charge in [-0.2, -0.15) is 4.98 Å². The lowest BCUT2D eigenvalue weighted by Crippen LogP contribution is -2.42. The maximum absolute atomic E-state index is 11.2. The van der Waals surface area contributed by atoms with E-state index >= 15 is 0 Å². The van der Waals surface area contributed by atoms with Gasteiger partial charge in [-0.3, -0.25) is 4.99 Å². The van der Waals surface area contributed by atoms with Crippen molar-refractivity contribution >= 4 is 39.8 Å². The highest BCUT2D eigenvalue weighted by Crippen LogP contribution is 2.19. The van der Waals surface area contributed by atoms with Gasteiger partial charge in [0, 0.05) is 24.8 Å². The summed E-state index contributed by atoms with van der Waals surface area (Å²) >= 11 is 0. The molecule has 2 N–H and O–H groups in total. The van der Waals surface area contributed by atoms with Gasteiger partial charge in [0.05, 0.1) is 12.3 Å². The van der Waals surface area contributed by atoms with E-state index in [4.69, 9.17) is 4.52 Å². The van der Waals surface area contributed by atoms with E-state index in [-0.39, 0.29) is 41.2 Å². The third-order valence-corrected chi connectivity index (χ3v) is 4.03. The SMILES string of the molecule is CN=C(NCc1noc(C(C)(C)C)n1)NC(C)CCS(C)(=O)=O.I. The fraction of sp³-hybridized carbons (Fsp3) is 0.786. The van der Waals surface area contributed by atoms with E-state index in [9.17, 15) is 8.42 Å². The second kappa shape index (κ2) is 9.54. The number of nitrogens with zero attached hydrogens (tertiary/aromatic N) is 3. The predicted molar refractivity (Wildman–Crippen MR) is 106 cm³/mol. The van der Waals surface area contributed by atoms with Gasteiger partial charge in [-0.25, -0.2) is 8.42 Å². The van der Waals surface area contributed by atoms with Gasteiger partial charge < -0.3 is 15.2 Å². The first-order chi connectivity index (χ1) is 10.5. The molecule has 0 fully saturated rings. The van der Waals surface area contributed by atoms with Crippen LogP contribution >= 0.6 is 24.0 Å². The first kappa shape index (κ1) is 23.1. The van der Waals surface area contributed by atoms with Crippen molar-refractivity contribution in [3.05, 3.63) is 11.7 Å². The Morgan fingerprint density at radius 1 is 1.38 bits per heavy atom. The molecule has 1 heterocycles. The lowest BCUT2D eigenvalue weighted by molar-refractivity contribution is 0.318. The second-order valence-corrected chi connectivity index (χ2v) is 8.92. The summed E-state index contributed by atoms with van der Waals surface area (Å²) in [4.78, 5) is 8.44. The highest BCUT2D eigenvalue weighted by atomic mass is 127. The quantitative estimate of drug-likeness (QED) is 0.366. The van der Waals surface area contributed by atoms with Crippen molar-refractivity contribution in [1.29, 1.82) is 0 Å². The molecule has 1 unspecified atom stereocenters. The summed E-state index contributed by atoms with van der Waals surface area (Å²) in [6, 6.07) is -0.0219. The fourth-order valence-corrected chi connectivity index (χ4v) is 2.47. The molecule has 1 aromatic rings. The molecule has 0 aromatic carbocycles. The third kappa shape index (κ3) is 8.81. The molecule has 0 saturated heterocycles. The third-order valence-electron chi connectivity index (χ3n) is 3.05. The number of nitrogens with one attached hydrogen (secondary N) is 2. The largest absolute Gasteiger partial charge is 0.354 e. The predicted octanol–water partition coefficient (Wildman–Crippen LogP) is 1.47. The molecule has 0 amide bonds. The van der Waals surface area contributed by atoms with Crippen LogP contribution in [0.2, 0.25) is 0 Å². The van der Waals surface area contributed by atoms with Crippen molar-refractivity contribution in [3.8, 4) is 0 Å². The van der Waals surface area contributed by atoms with E-state index in [1.54, 1.807) is 7.05 Å². The minimum Gasteiger partial charge on any atom is -0.354 e. The molecule has 0 bridgehead atoms.